The summed E-state index contributed by atoms with van der Waals surface area (Å²) in [5.74, 6) is -3.28. The lowest BCUT2D eigenvalue weighted by Gasteiger charge is -2.40. The number of rotatable bonds is 42. The molecule has 3 N–H and O–H groups in total. The molecule has 1 saturated heterocycles. The molecule has 12 heteroatoms. The van der Waals surface area contributed by atoms with Crippen LogP contribution >= 0.6 is 0 Å². The van der Waals surface area contributed by atoms with E-state index in [1.165, 1.54) is 0 Å². The van der Waals surface area contributed by atoms with Crippen molar-refractivity contribution in [2.24, 2.45) is 0 Å². The van der Waals surface area contributed by atoms with E-state index >= 15 is 0 Å². The van der Waals surface area contributed by atoms with Crippen LogP contribution in [0.2, 0.25) is 0 Å². The van der Waals surface area contributed by atoms with Crippen LogP contribution in [0.4, 0.5) is 0 Å². The monoisotopic (exact) mass is 991 g/mol. The van der Waals surface area contributed by atoms with E-state index in [9.17, 15) is 34.5 Å². The molecule has 0 aromatic carbocycles. The van der Waals surface area contributed by atoms with Crippen molar-refractivity contribution in [3.05, 3.63) is 122 Å². The summed E-state index contributed by atoms with van der Waals surface area (Å²) >= 11 is 0. The summed E-state index contributed by atoms with van der Waals surface area (Å²) in [5, 5.41) is 31.4. The molecule has 0 aliphatic carbocycles. The lowest BCUT2D eigenvalue weighted by Crippen LogP contribution is -2.61. The predicted molar refractivity (Wildman–Crippen MR) is 284 cm³/mol. The van der Waals surface area contributed by atoms with Crippen molar-refractivity contribution in [2.75, 3.05) is 13.2 Å². The van der Waals surface area contributed by atoms with E-state index in [2.05, 4.69) is 142 Å². The minimum absolute atomic E-state index is 0.00530. The van der Waals surface area contributed by atoms with Gasteiger partial charge in [-0.3, -0.25) is 14.4 Å². The van der Waals surface area contributed by atoms with Crippen molar-refractivity contribution in [3.8, 4) is 0 Å². The normalized spacial score (nSPS) is 19.5. The number of aliphatic hydroxyl groups is 2. The maximum atomic E-state index is 13.1. The molecule has 71 heavy (non-hydrogen) atoms. The summed E-state index contributed by atoms with van der Waals surface area (Å²) in [6.07, 6.45) is 50.5. The highest BCUT2D eigenvalue weighted by molar-refractivity contribution is 5.74. The van der Waals surface area contributed by atoms with Gasteiger partial charge < -0.3 is 39.0 Å². The molecule has 6 atom stereocenters. The highest BCUT2D eigenvalue weighted by Gasteiger charge is 2.50. The molecule has 1 aliphatic heterocycles. The Morgan fingerprint density at radius 1 is 0.465 bits per heavy atom. The first kappa shape index (κ1) is 64.1. The molecule has 1 fully saturated rings. The van der Waals surface area contributed by atoms with Crippen molar-refractivity contribution in [1.29, 1.82) is 0 Å². The highest BCUT2D eigenvalue weighted by atomic mass is 16.7. The lowest BCUT2D eigenvalue weighted by atomic mass is 9.98. The fourth-order valence-electron chi connectivity index (χ4n) is 7.03. The van der Waals surface area contributed by atoms with Crippen LogP contribution in [-0.2, 0) is 42.9 Å². The summed E-state index contributed by atoms with van der Waals surface area (Å²) in [6, 6.07) is 0. The number of carboxylic acids is 1. The predicted octanol–water partition coefficient (Wildman–Crippen LogP) is 12.9. The van der Waals surface area contributed by atoms with Crippen LogP contribution in [0, 0.1) is 0 Å². The standard InChI is InChI=1S/C59H90O12/c1-4-7-10-13-16-19-22-25-26-29-32-35-38-41-44-47-53(62)70-57-55(64)54(63)56(58(65)66)71-59(57)68-49-50(69-52(61)46-43-40-37-34-31-28-24-21-18-15-12-9-6-3)48-67-51(60)45-42-39-36-33-30-27-23-20-17-14-11-8-5-2/h7-12,16-21,25-28,30-32,35,50,54-57,59,63-64H,4-6,13-15,22-24,29,33-34,36-49H2,1-3H3,(H,65,66)/b10-7-,11-8-,12-9-,19-16-,20-17-,21-18-,26-25-,30-27-,31-28-,35-32-. The smallest absolute Gasteiger partial charge is 0.335 e. The van der Waals surface area contributed by atoms with E-state index in [1.54, 1.807) is 0 Å². The number of carboxylic acid groups (broad SMARTS) is 1. The van der Waals surface area contributed by atoms with Gasteiger partial charge in [0.2, 0.25) is 0 Å². The Bertz CT molecular complexity index is 1700. The second kappa shape index (κ2) is 46.2. The topological polar surface area (TPSA) is 175 Å². The third-order valence-electron chi connectivity index (χ3n) is 11.0. The Morgan fingerprint density at radius 3 is 1.28 bits per heavy atom. The molecule has 0 spiro atoms. The molecule has 0 radical (unpaired) electrons. The molecule has 1 rings (SSSR count). The fourth-order valence-corrected chi connectivity index (χ4v) is 7.03. The molecule has 398 valence electrons. The molecule has 0 amide bonds. The van der Waals surface area contributed by atoms with Crippen LogP contribution in [0.3, 0.4) is 0 Å². The summed E-state index contributed by atoms with van der Waals surface area (Å²) in [5.41, 5.74) is 0. The Morgan fingerprint density at radius 2 is 0.845 bits per heavy atom. The minimum atomic E-state index is -1.93. The quantitative estimate of drug-likeness (QED) is 0.0229. The van der Waals surface area contributed by atoms with E-state index in [0.717, 1.165) is 109 Å². The molecule has 0 aromatic rings. The second-order valence-electron chi connectivity index (χ2n) is 17.4. The largest absolute Gasteiger partial charge is 0.479 e. The van der Waals surface area contributed by atoms with Crippen LogP contribution in [0.5, 0.6) is 0 Å². The number of allylic oxidation sites excluding steroid dienone is 20. The molecule has 6 unspecified atom stereocenters. The highest BCUT2D eigenvalue weighted by Crippen LogP contribution is 2.26. The van der Waals surface area contributed by atoms with E-state index < -0.39 is 67.3 Å². The van der Waals surface area contributed by atoms with Gasteiger partial charge in [0.15, 0.2) is 24.6 Å². The van der Waals surface area contributed by atoms with Crippen LogP contribution in [0.1, 0.15) is 175 Å². The first-order valence-electron chi connectivity index (χ1n) is 26.5. The van der Waals surface area contributed by atoms with E-state index in [4.69, 9.17) is 23.7 Å². The Balaban J connectivity index is 2.80. The number of unbranched alkanes of at least 4 members (excludes halogenated alkanes) is 8. The zero-order valence-corrected chi connectivity index (χ0v) is 43.4. The first-order valence-corrected chi connectivity index (χ1v) is 26.5. The summed E-state index contributed by atoms with van der Waals surface area (Å²) < 4.78 is 28.2. The fraction of sp³-hybridized carbons (Fsp3) is 0.593. The summed E-state index contributed by atoms with van der Waals surface area (Å²) in [7, 11) is 0. The lowest BCUT2D eigenvalue weighted by molar-refractivity contribution is -0.301. The Kier molecular flexibility index (Phi) is 41.7. The van der Waals surface area contributed by atoms with Crippen LogP contribution in [0.25, 0.3) is 0 Å². The second-order valence-corrected chi connectivity index (χ2v) is 17.4. The SMILES string of the molecule is CC/C=C\C/C=C\C/C=C\C/C=C\CCCCC(=O)OC1C(OCC(COC(=O)CCCCC/C=C\C/C=C\C/C=C\CC)OC(=O)CCCCC/C=C\C/C=C\C/C=C\CC)OC(C(=O)O)C(O)C1O. The third-order valence-corrected chi connectivity index (χ3v) is 11.0. The molecule has 0 aromatic heterocycles. The Labute approximate surface area is 427 Å². The van der Waals surface area contributed by atoms with Crippen LogP contribution in [-0.4, -0.2) is 89.2 Å². The zero-order chi connectivity index (χ0) is 51.8. The van der Waals surface area contributed by atoms with Crippen LogP contribution in [0.15, 0.2) is 122 Å². The van der Waals surface area contributed by atoms with Crippen molar-refractivity contribution in [2.45, 2.75) is 212 Å². The number of hydrogen-bond donors (Lipinski definition) is 3. The summed E-state index contributed by atoms with van der Waals surface area (Å²) in [6.45, 7) is 5.53. The number of aliphatic hydroxyl groups excluding tert-OH is 2. The molecule has 0 bridgehead atoms. The van der Waals surface area contributed by atoms with Crippen LogP contribution < -0.4 is 0 Å². The first-order chi connectivity index (χ1) is 34.6. The van der Waals surface area contributed by atoms with Gasteiger partial charge in [0.1, 0.15) is 18.8 Å². The van der Waals surface area contributed by atoms with Gasteiger partial charge in [-0.1, -0.05) is 155 Å². The van der Waals surface area contributed by atoms with Gasteiger partial charge in [-0.25, -0.2) is 4.79 Å². The van der Waals surface area contributed by atoms with E-state index in [-0.39, 0.29) is 25.9 Å². The maximum absolute atomic E-state index is 13.1. The Hall–Kier alpha value is -4.88. The molecule has 1 aliphatic rings. The number of hydrogen-bond acceptors (Lipinski definition) is 11. The maximum Gasteiger partial charge on any atom is 0.335 e. The van der Waals surface area contributed by atoms with Gasteiger partial charge in [-0.15, -0.1) is 0 Å². The van der Waals surface area contributed by atoms with Crippen molar-refractivity contribution < 1.29 is 58.2 Å². The third kappa shape index (κ3) is 36.7. The molecular formula is C59H90O12. The number of ether oxygens (including phenoxy) is 5. The zero-order valence-electron chi connectivity index (χ0n) is 43.4. The van der Waals surface area contributed by atoms with Crippen molar-refractivity contribution in [3.63, 3.8) is 0 Å². The van der Waals surface area contributed by atoms with E-state index in [1.807, 2.05) is 0 Å². The number of carbonyl (C=O) groups excluding carboxylic acids is 3. The summed E-state index contributed by atoms with van der Waals surface area (Å²) in [4.78, 5) is 50.9. The van der Waals surface area contributed by atoms with E-state index in [0.29, 0.717) is 25.7 Å². The number of esters is 3. The number of carbonyl (C=O) groups is 4. The van der Waals surface area contributed by atoms with Gasteiger partial charge >= 0.3 is 23.9 Å². The molecule has 0 saturated carbocycles. The van der Waals surface area contributed by atoms with Gasteiger partial charge in [0.25, 0.3) is 0 Å². The van der Waals surface area contributed by atoms with Gasteiger partial charge in [0.05, 0.1) is 6.61 Å². The average Bonchev–Trinajstić information content (AvgIpc) is 3.35. The molecule has 1 heterocycles. The van der Waals surface area contributed by atoms with Crippen molar-refractivity contribution >= 4 is 23.9 Å². The van der Waals surface area contributed by atoms with Gasteiger partial charge in [-0.2, -0.15) is 0 Å². The van der Waals surface area contributed by atoms with Crippen molar-refractivity contribution in [1.82, 2.24) is 0 Å². The molecular weight excluding hydrogens is 901 g/mol. The number of aliphatic carboxylic acids is 1. The molecule has 12 nitrogen and oxygen atoms in total. The van der Waals surface area contributed by atoms with Gasteiger partial charge in [0, 0.05) is 19.3 Å². The average molecular weight is 991 g/mol. The van der Waals surface area contributed by atoms with Gasteiger partial charge in [-0.05, 0) is 122 Å². The minimum Gasteiger partial charge on any atom is -0.479 e.